The number of aromatic amines is 1. The molecule has 2 aromatic heterocycles. The van der Waals surface area contributed by atoms with Crippen molar-refractivity contribution in [3.63, 3.8) is 0 Å². The minimum atomic E-state index is -0.203. The number of fused-ring (bicyclic) bond motifs is 1. The van der Waals surface area contributed by atoms with E-state index in [2.05, 4.69) is 9.97 Å². The number of thiophene rings is 1. The normalized spacial score (nSPS) is 11.7. The molecular formula is C21H15ClN2O2S. The lowest BCUT2D eigenvalue weighted by molar-refractivity contribution is 0.414. The number of hydrogen-bond acceptors (Lipinski definition) is 4. The number of H-pyrrole nitrogens is 1. The Bertz CT molecular complexity index is 1200. The molecule has 6 heteroatoms. The van der Waals surface area contributed by atoms with Crippen LogP contribution in [0.1, 0.15) is 11.4 Å². The molecule has 0 aliphatic rings. The minimum absolute atomic E-state index is 0.203. The molecule has 4 rings (SSSR count). The number of hydrogen-bond donors (Lipinski definition) is 1. The number of nitrogens with zero attached hydrogens (tertiary/aromatic N) is 1. The lowest BCUT2D eigenvalue weighted by Gasteiger charge is -2.02. The van der Waals surface area contributed by atoms with Crippen LogP contribution in [0.5, 0.6) is 5.75 Å². The average molecular weight is 395 g/mol. The summed E-state index contributed by atoms with van der Waals surface area (Å²) in [6.45, 7) is 0. The molecule has 0 atom stereocenters. The highest BCUT2D eigenvalue weighted by Crippen LogP contribution is 2.31. The van der Waals surface area contributed by atoms with Gasteiger partial charge in [-0.15, -0.1) is 11.3 Å². The zero-order valence-electron chi connectivity index (χ0n) is 14.4. The average Bonchev–Trinajstić information content (AvgIpc) is 3.14. The first-order valence-corrected chi connectivity index (χ1v) is 9.44. The molecular weight excluding hydrogens is 380 g/mol. The Morgan fingerprint density at radius 1 is 1.15 bits per heavy atom. The molecule has 134 valence electrons. The molecule has 0 amide bonds. The summed E-state index contributed by atoms with van der Waals surface area (Å²) in [6, 6.07) is 19.3. The van der Waals surface area contributed by atoms with Crippen molar-refractivity contribution in [3.05, 3.63) is 82.4 Å². The molecule has 2 heterocycles. The molecule has 0 unspecified atom stereocenters. The molecule has 0 saturated carbocycles. The Hall–Kier alpha value is -2.89. The summed E-state index contributed by atoms with van der Waals surface area (Å²) in [4.78, 5) is 21.5. The molecule has 0 saturated heterocycles. The highest BCUT2D eigenvalue weighted by Gasteiger charge is 2.12. The van der Waals surface area contributed by atoms with Crippen molar-refractivity contribution < 1.29 is 4.74 Å². The second-order valence-electron chi connectivity index (χ2n) is 5.88. The second-order valence-corrected chi connectivity index (χ2v) is 7.32. The maximum absolute atomic E-state index is 12.5. The summed E-state index contributed by atoms with van der Waals surface area (Å²) in [5.74, 6) is 1.08. The Morgan fingerprint density at radius 3 is 2.74 bits per heavy atom. The van der Waals surface area contributed by atoms with Crippen LogP contribution < -0.4 is 10.3 Å². The van der Waals surface area contributed by atoms with Gasteiger partial charge in [0.05, 0.1) is 17.5 Å². The Labute approximate surface area is 164 Å². The lowest BCUT2D eigenvalue weighted by atomic mass is 10.2. The van der Waals surface area contributed by atoms with Crippen LogP contribution in [-0.4, -0.2) is 17.1 Å². The van der Waals surface area contributed by atoms with Gasteiger partial charge >= 0.3 is 0 Å². The van der Waals surface area contributed by atoms with Crippen LogP contribution in [0.15, 0.2) is 65.5 Å². The monoisotopic (exact) mass is 394 g/mol. The number of rotatable bonds is 4. The third kappa shape index (κ3) is 3.65. The van der Waals surface area contributed by atoms with Crippen molar-refractivity contribution in [1.29, 1.82) is 0 Å². The molecule has 4 aromatic rings. The Kier molecular flexibility index (Phi) is 4.79. The van der Waals surface area contributed by atoms with Crippen LogP contribution in [0.4, 0.5) is 0 Å². The van der Waals surface area contributed by atoms with E-state index < -0.39 is 0 Å². The number of aromatic nitrogens is 2. The number of benzene rings is 2. The summed E-state index contributed by atoms with van der Waals surface area (Å²) in [7, 11) is 1.61. The van der Waals surface area contributed by atoms with Gasteiger partial charge in [-0.3, -0.25) is 4.79 Å². The van der Waals surface area contributed by atoms with Crippen LogP contribution in [0.25, 0.3) is 31.8 Å². The van der Waals surface area contributed by atoms with Gasteiger partial charge in [0.2, 0.25) is 0 Å². The van der Waals surface area contributed by atoms with Gasteiger partial charge in [0.1, 0.15) is 10.6 Å². The third-order valence-corrected chi connectivity index (χ3v) is 5.44. The van der Waals surface area contributed by atoms with E-state index in [1.54, 1.807) is 13.2 Å². The smallest absolute Gasteiger partial charge is 0.259 e. The zero-order chi connectivity index (χ0) is 18.8. The maximum Gasteiger partial charge on any atom is 0.259 e. The van der Waals surface area contributed by atoms with Gasteiger partial charge < -0.3 is 9.72 Å². The Balaban J connectivity index is 1.76. The van der Waals surface area contributed by atoms with E-state index >= 15 is 0 Å². The molecule has 4 nitrogen and oxygen atoms in total. The predicted molar refractivity (Wildman–Crippen MR) is 112 cm³/mol. The fourth-order valence-electron chi connectivity index (χ4n) is 2.74. The van der Waals surface area contributed by atoms with Gasteiger partial charge in [-0.1, -0.05) is 54.1 Å². The van der Waals surface area contributed by atoms with E-state index in [1.165, 1.54) is 11.3 Å². The molecule has 0 radical (unpaired) electrons. The molecule has 0 spiro atoms. The molecule has 0 aliphatic heterocycles. The van der Waals surface area contributed by atoms with Crippen LogP contribution in [-0.2, 0) is 0 Å². The quantitative estimate of drug-likeness (QED) is 0.504. The standard InChI is InChI=1S/C21H15ClN2O2S/c1-26-15-9-5-6-13(10-15)11-17(22)19-23-20(25)16-12-18(27-21(16)24-19)14-7-3-2-4-8-14/h2-12H,1H3,(H,23,24,25)/b17-11-. The van der Waals surface area contributed by atoms with Gasteiger partial charge in [-0.2, -0.15) is 0 Å². The van der Waals surface area contributed by atoms with Crippen molar-refractivity contribution in [3.8, 4) is 16.2 Å². The van der Waals surface area contributed by atoms with Crippen molar-refractivity contribution in [1.82, 2.24) is 9.97 Å². The zero-order valence-corrected chi connectivity index (χ0v) is 16.0. The maximum atomic E-state index is 12.5. The van der Waals surface area contributed by atoms with E-state index in [1.807, 2.05) is 60.7 Å². The molecule has 2 aromatic carbocycles. The van der Waals surface area contributed by atoms with Crippen molar-refractivity contribution in [2.75, 3.05) is 7.11 Å². The fourth-order valence-corrected chi connectivity index (χ4v) is 3.99. The van der Waals surface area contributed by atoms with E-state index in [0.717, 1.165) is 21.8 Å². The van der Waals surface area contributed by atoms with Crippen LogP contribution in [0, 0.1) is 0 Å². The first-order chi connectivity index (χ1) is 13.1. The first-order valence-electron chi connectivity index (χ1n) is 8.25. The number of ether oxygens (including phenoxy) is 1. The second kappa shape index (κ2) is 7.39. The highest BCUT2D eigenvalue weighted by atomic mass is 35.5. The summed E-state index contributed by atoms with van der Waals surface area (Å²) in [6.07, 6.45) is 1.75. The van der Waals surface area contributed by atoms with Crippen LogP contribution in [0.2, 0.25) is 0 Å². The summed E-state index contributed by atoms with van der Waals surface area (Å²) < 4.78 is 5.22. The summed E-state index contributed by atoms with van der Waals surface area (Å²) in [5.41, 5.74) is 1.71. The topological polar surface area (TPSA) is 55.0 Å². The van der Waals surface area contributed by atoms with E-state index in [0.29, 0.717) is 21.1 Å². The highest BCUT2D eigenvalue weighted by molar-refractivity contribution is 7.21. The summed E-state index contributed by atoms with van der Waals surface area (Å²) >= 11 is 7.90. The summed E-state index contributed by atoms with van der Waals surface area (Å²) in [5, 5.41) is 0.922. The van der Waals surface area contributed by atoms with Crippen molar-refractivity contribution in [2.24, 2.45) is 0 Å². The van der Waals surface area contributed by atoms with Gasteiger partial charge in [-0.25, -0.2) is 4.98 Å². The van der Waals surface area contributed by atoms with Gasteiger partial charge in [0.25, 0.3) is 5.56 Å². The Morgan fingerprint density at radius 2 is 1.96 bits per heavy atom. The molecule has 0 bridgehead atoms. The first kappa shape index (κ1) is 17.5. The molecule has 1 N–H and O–H groups in total. The molecule has 0 fully saturated rings. The van der Waals surface area contributed by atoms with Gasteiger partial charge in [0, 0.05) is 4.88 Å². The van der Waals surface area contributed by atoms with E-state index in [9.17, 15) is 4.79 Å². The minimum Gasteiger partial charge on any atom is -0.497 e. The van der Waals surface area contributed by atoms with Crippen molar-refractivity contribution in [2.45, 2.75) is 0 Å². The molecule has 27 heavy (non-hydrogen) atoms. The number of methoxy groups -OCH3 is 1. The number of nitrogens with one attached hydrogen (secondary N) is 1. The molecule has 0 aliphatic carbocycles. The van der Waals surface area contributed by atoms with Crippen LogP contribution in [0.3, 0.4) is 0 Å². The van der Waals surface area contributed by atoms with E-state index in [4.69, 9.17) is 16.3 Å². The van der Waals surface area contributed by atoms with E-state index in [-0.39, 0.29) is 5.56 Å². The third-order valence-electron chi connectivity index (χ3n) is 4.07. The van der Waals surface area contributed by atoms with Gasteiger partial charge in [-0.05, 0) is 35.4 Å². The predicted octanol–water partition coefficient (Wildman–Crippen LogP) is 5.40. The SMILES string of the molecule is COc1cccc(/C=C(\Cl)c2nc3sc(-c4ccccc4)cc3c(=O)[nH]2)c1. The fraction of sp³-hybridized carbons (Fsp3) is 0.0476. The van der Waals surface area contributed by atoms with Gasteiger partial charge in [0.15, 0.2) is 5.82 Å². The largest absolute Gasteiger partial charge is 0.497 e. The van der Waals surface area contributed by atoms with Crippen LogP contribution >= 0.6 is 22.9 Å². The van der Waals surface area contributed by atoms with Crippen molar-refractivity contribution >= 4 is 44.3 Å². The number of halogens is 1. The lowest BCUT2D eigenvalue weighted by Crippen LogP contribution is -2.09.